The number of carbonyl (C=O) groups is 1. The number of hydrogen-bond acceptors (Lipinski definition) is 6. The van der Waals surface area contributed by atoms with Crippen LogP contribution in [0.25, 0.3) is 0 Å². The lowest BCUT2D eigenvalue weighted by atomic mass is 9.91. The number of nitriles is 1. The van der Waals surface area contributed by atoms with Crippen LogP contribution in [0, 0.1) is 11.3 Å². The summed E-state index contributed by atoms with van der Waals surface area (Å²) in [6, 6.07) is 24.3. The number of thioether (sulfide) groups is 1. The largest absolute Gasteiger partial charge is 0.369 e. The third-order valence-electron chi connectivity index (χ3n) is 5.30. The number of sulfonamides is 1. The lowest BCUT2D eigenvalue weighted by Gasteiger charge is -2.17. The molecule has 8 nitrogen and oxygen atoms in total. The molecular formula is C25H20ClN5O3S2. The number of halogens is 1. The van der Waals surface area contributed by atoms with Crippen LogP contribution in [0.4, 0.5) is 0 Å². The number of primary amides is 1. The summed E-state index contributed by atoms with van der Waals surface area (Å²) in [6.45, 7) is 0.301. The standard InChI is InChI=1S/C25H20ClN5O3S2/c26-20-10-8-19(9-11-20)24-22(18-4-2-1-3-5-18)15-31(29-24)25(35-16-23(28)32)30-36(33,34)21-12-6-17(14-27)7-13-21/h1-13,22H,15-16H2,(H2,28,32)/b30-25-. The summed E-state index contributed by atoms with van der Waals surface area (Å²) in [5.74, 6) is -0.992. The van der Waals surface area contributed by atoms with E-state index < -0.39 is 15.9 Å². The number of nitrogens with zero attached hydrogens (tertiary/aromatic N) is 4. The third-order valence-corrected chi connectivity index (χ3v) is 7.94. The number of carbonyl (C=O) groups excluding carboxylic acids is 1. The van der Waals surface area contributed by atoms with Crippen molar-refractivity contribution in [3.8, 4) is 6.07 Å². The molecule has 1 atom stereocenters. The lowest BCUT2D eigenvalue weighted by molar-refractivity contribution is -0.115. The first-order valence-electron chi connectivity index (χ1n) is 10.7. The Bertz CT molecular complexity index is 1470. The second-order valence-electron chi connectivity index (χ2n) is 7.78. The Balaban J connectivity index is 1.77. The highest BCUT2D eigenvalue weighted by Gasteiger charge is 2.33. The summed E-state index contributed by atoms with van der Waals surface area (Å²) in [5.41, 5.74) is 8.18. The molecule has 3 aromatic rings. The van der Waals surface area contributed by atoms with Gasteiger partial charge in [0.1, 0.15) is 0 Å². The second-order valence-corrected chi connectivity index (χ2v) is 10.8. The molecule has 0 radical (unpaired) electrons. The summed E-state index contributed by atoms with van der Waals surface area (Å²) >= 11 is 6.97. The Morgan fingerprint density at radius 1 is 1.11 bits per heavy atom. The molecule has 182 valence electrons. The number of rotatable bonds is 6. The molecule has 1 aliphatic heterocycles. The molecule has 1 heterocycles. The van der Waals surface area contributed by atoms with Gasteiger partial charge in [-0.25, -0.2) is 5.01 Å². The molecule has 0 aliphatic carbocycles. The van der Waals surface area contributed by atoms with Gasteiger partial charge in [0.15, 0.2) is 5.17 Å². The molecule has 0 saturated carbocycles. The van der Waals surface area contributed by atoms with Gasteiger partial charge in [0, 0.05) is 10.9 Å². The zero-order valence-corrected chi connectivity index (χ0v) is 21.2. The van der Waals surface area contributed by atoms with Crippen LogP contribution in [0.1, 0.15) is 22.6 Å². The van der Waals surface area contributed by atoms with Crippen molar-refractivity contribution in [2.24, 2.45) is 15.2 Å². The van der Waals surface area contributed by atoms with E-state index in [1.165, 1.54) is 29.3 Å². The molecule has 3 aromatic carbocycles. The van der Waals surface area contributed by atoms with Crippen LogP contribution in [0.15, 0.2) is 93.3 Å². The molecule has 0 saturated heterocycles. The SMILES string of the molecule is N#Cc1ccc(S(=O)(=O)/N=C(\SCC(N)=O)N2CC(c3ccccc3)C(c3ccc(Cl)cc3)=N2)cc1. The van der Waals surface area contributed by atoms with Crippen LogP contribution in [0.2, 0.25) is 5.02 Å². The van der Waals surface area contributed by atoms with Crippen LogP contribution < -0.4 is 5.73 Å². The summed E-state index contributed by atoms with van der Waals surface area (Å²) < 4.78 is 30.2. The fourth-order valence-corrected chi connectivity index (χ4v) is 5.64. The first kappa shape index (κ1) is 25.4. The van der Waals surface area contributed by atoms with Crippen LogP contribution in [-0.2, 0) is 14.8 Å². The Hall–Kier alpha value is -3.65. The molecule has 0 bridgehead atoms. The van der Waals surface area contributed by atoms with Crippen molar-refractivity contribution in [3.05, 3.63) is 101 Å². The fraction of sp³-hybridized carbons (Fsp3) is 0.120. The normalized spacial score (nSPS) is 15.9. The minimum Gasteiger partial charge on any atom is -0.369 e. The highest BCUT2D eigenvalue weighted by molar-refractivity contribution is 8.14. The Labute approximate surface area is 218 Å². The molecular weight excluding hydrogens is 518 g/mol. The summed E-state index contributed by atoms with van der Waals surface area (Å²) in [5, 5.41) is 15.8. The highest BCUT2D eigenvalue weighted by Crippen LogP contribution is 2.31. The van der Waals surface area contributed by atoms with Gasteiger partial charge in [-0.05, 0) is 47.5 Å². The number of amidine groups is 1. The minimum absolute atomic E-state index is 0.0167. The van der Waals surface area contributed by atoms with Crippen LogP contribution >= 0.6 is 23.4 Å². The van der Waals surface area contributed by atoms with Crippen molar-refractivity contribution in [3.63, 3.8) is 0 Å². The van der Waals surface area contributed by atoms with Gasteiger partial charge in [-0.1, -0.05) is 65.8 Å². The van der Waals surface area contributed by atoms with Gasteiger partial charge in [0.25, 0.3) is 10.0 Å². The Kier molecular flexibility index (Phi) is 7.74. The molecule has 1 unspecified atom stereocenters. The minimum atomic E-state index is -4.16. The first-order valence-corrected chi connectivity index (χ1v) is 13.5. The Morgan fingerprint density at radius 2 is 1.78 bits per heavy atom. The zero-order valence-electron chi connectivity index (χ0n) is 18.8. The molecule has 1 amide bonds. The quantitative estimate of drug-likeness (QED) is 0.374. The van der Waals surface area contributed by atoms with Crippen molar-refractivity contribution in [2.75, 3.05) is 12.3 Å². The molecule has 0 spiro atoms. The maximum atomic E-state index is 13.1. The van der Waals surface area contributed by atoms with E-state index >= 15 is 0 Å². The van der Waals surface area contributed by atoms with Gasteiger partial charge in [-0.2, -0.15) is 18.8 Å². The second kappa shape index (κ2) is 11.0. The van der Waals surface area contributed by atoms with E-state index in [4.69, 9.17) is 27.7 Å². The van der Waals surface area contributed by atoms with E-state index in [2.05, 4.69) is 4.40 Å². The monoisotopic (exact) mass is 537 g/mol. The van der Waals surface area contributed by atoms with Crippen molar-refractivity contribution >= 4 is 50.2 Å². The van der Waals surface area contributed by atoms with Crippen molar-refractivity contribution in [1.29, 1.82) is 5.26 Å². The zero-order chi connectivity index (χ0) is 25.7. The van der Waals surface area contributed by atoms with Gasteiger partial charge in [0.2, 0.25) is 5.91 Å². The summed E-state index contributed by atoms with van der Waals surface area (Å²) in [6.07, 6.45) is 0. The third kappa shape index (κ3) is 5.94. The van der Waals surface area contributed by atoms with Crippen molar-refractivity contribution in [1.82, 2.24) is 5.01 Å². The molecule has 11 heteroatoms. The van der Waals surface area contributed by atoms with Crippen molar-refractivity contribution in [2.45, 2.75) is 10.8 Å². The molecule has 4 rings (SSSR count). The predicted octanol–water partition coefficient (Wildman–Crippen LogP) is 3.98. The van der Waals surface area contributed by atoms with Gasteiger partial charge in [0.05, 0.1) is 34.5 Å². The number of hydrogen-bond donors (Lipinski definition) is 1. The van der Waals surface area contributed by atoms with Gasteiger partial charge < -0.3 is 5.73 Å². The fourth-order valence-electron chi connectivity index (χ4n) is 3.59. The number of amides is 1. The molecule has 0 fully saturated rings. The predicted molar refractivity (Wildman–Crippen MR) is 141 cm³/mol. The van der Waals surface area contributed by atoms with Crippen molar-refractivity contribution < 1.29 is 13.2 Å². The molecule has 0 aromatic heterocycles. The summed E-state index contributed by atoms with van der Waals surface area (Å²) in [4.78, 5) is 11.4. The maximum Gasteiger partial charge on any atom is 0.284 e. The first-order chi connectivity index (χ1) is 17.3. The number of hydrazone groups is 1. The van der Waals surface area contributed by atoms with E-state index in [1.54, 1.807) is 12.1 Å². The average molecular weight is 538 g/mol. The van der Waals surface area contributed by atoms with E-state index in [0.717, 1.165) is 22.9 Å². The van der Waals surface area contributed by atoms with E-state index in [-0.39, 0.29) is 21.7 Å². The summed E-state index contributed by atoms with van der Waals surface area (Å²) in [7, 11) is -4.16. The van der Waals surface area contributed by atoms with E-state index in [9.17, 15) is 13.2 Å². The topological polar surface area (TPSA) is 129 Å². The van der Waals surface area contributed by atoms with Crippen LogP contribution in [0.3, 0.4) is 0 Å². The van der Waals surface area contributed by atoms with Crippen LogP contribution in [0.5, 0.6) is 0 Å². The van der Waals surface area contributed by atoms with E-state index in [0.29, 0.717) is 22.8 Å². The molecule has 36 heavy (non-hydrogen) atoms. The molecule has 1 aliphatic rings. The lowest BCUT2D eigenvalue weighted by Crippen LogP contribution is -2.26. The molecule has 2 N–H and O–H groups in total. The average Bonchev–Trinajstić information content (AvgIpc) is 3.33. The van der Waals surface area contributed by atoms with Gasteiger partial charge in [-0.3, -0.25) is 4.79 Å². The highest BCUT2D eigenvalue weighted by atomic mass is 35.5. The number of benzene rings is 3. The smallest absolute Gasteiger partial charge is 0.284 e. The maximum absolute atomic E-state index is 13.1. The van der Waals surface area contributed by atoms with E-state index in [1.807, 2.05) is 48.5 Å². The number of nitrogens with two attached hydrogens (primary N) is 1. The van der Waals surface area contributed by atoms with Gasteiger partial charge >= 0.3 is 0 Å². The Morgan fingerprint density at radius 3 is 2.39 bits per heavy atom. The van der Waals surface area contributed by atoms with Gasteiger partial charge in [-0.15, -0.1) is 4.40 Å². The van der Waals surface area contributed by atoms with Crippen LogP contribution in [-0.4, -0.2) is 42.5 Å².